The second-order valence-corrected chi connectivity index (χ2v) is 5.22. The van der Waals surface area contributed by atoms with Crippen LogP contribution in [0.25, 0.3) is 0 Å². The van der Waals surface area contributed by atoms with E-state index in [1.54, 1.807) is 6.07 Å². The predicted octanol–water partition coefficient (Wildman–Crippen LogP) is 3.85. The molecule has 0 amide bonds. The van der Waals surface area contributed by atoms with Crippen LogP contribution in [0.2, 0.25) is 0 Å². The lowest BCUT2D eigenvalue weighted by atomic mass is 10.1. The molecule has 0 atom stereocenters. The first-order valence-corrected chi connectivity index (χ1v) is 6.73. The number of nitrogens with zero attached hydrogens (tertiary/aromatic N) is 1. The quantitative estimate of drug-likeness (QED) is 0.852. The van der Waals surface area contributed by atoms with Crippen LogP contribution in [0.5, 0.6) is 0 Å². The molecule has 0 spiro atoms. The van der Waals surface area contributed by atoms with Gasteiger partial charge in [0.05, 0.1) is 5.56 Å². The third kappa shape index (κ3) is 2.68. The smallest absolute Gasteiger partial charge is 0.398 e. The molecule has 0 radical (unpaired) electrons. The molecule has 0 fully saturated rings. The van der Waals surface area contributed by atoms with Crippen molar-refractivity contribution in [3.05, 3.63) is 59.2 Å². The van der Waals surface area contributed by atoms with Gasteiger partial charge in [0.2, 0.25) is 0 Å². The maximum absolute atomic E-state index is 12.9. The number of benzene rings is 2. The number of nitrogen functional groups attached to an aromatic ring is 1. The van der Waals surface area contributed by atoms with Crippen LogP contribution >= 0.6 is 0 Å². The van der Waals surface area contributed by atoms with Crippen molar-refractivity contribution in [2.24, 2.45) is 0 Å². The van der Waals surface area contributed by atoms with E-state index in [-0.39, 0.29) is 5.69 Å². The summed E-state index contributed by atoms with van der Waals surface area (Å²) in [6.07, 6.45) is -3.49. The lowest BCUT2D eigenvalue weighted by molar-refractivity contribution is -0.136. The molecule has 1 heterocycles. The molecule has 0 unspecified atom stereocenters. The van der Waals surface area contributed by atoms with Crippen LogP contribution in [0.3, 0.4) is 0 Å². The second-order valence-electron chi connectivity index (χ2n) is 5.22. The SMILES string of the molecule is Nc1ccc(CN2CCc3ccccc32)cc1C(F)(F)F. The Hall–Kier alpha value is -2.17. The summed E-state index contributed by atoms with van der Waals surface area (Å²) in [5.41, 5.74) is 7.40. The number of halogens is 3. The van der Waals surface area contributed by atoms with Crippen molar-refractivity contribution in [1.29, 1.82) is 0 Å². The fourth-order valence-corrected chi connectivity index (χ4v) is 2.74. The highest BCUT2D eigenvalue weighted by molar-refractivity contribution is 5.58. The molecule has 0 aliphatic carbocycles. The Morgan fingerprint density at radius 3 is 2.62 bits per heavy atom. The number of anilines is 2. The van der Waals surface area contributed by atoms with Gasteiger partial charge in [0.15, 0.2) is 0 Å². The van der Waals surface area contributed by atoms with Gasteiger partial charge in [-0.1, -0.05) is 24.3 Å². The van der Waals surface area contributed by atoms with Crippen molar-refractivity contribution in [3.63, 3.8) is 0 Å². The van der Waals surface area contributed by atoms with Gasteiger partial charge in [0.25, 0.3) is 0 Å². The standard InChI is InChI=1S/C16H15F3N2/c17-16(18,19)13-9-11(5-6-14(13)20)10-21-8-7-12-3-1-2-4-15(12)21/h1-6,9H,7-8,10,20H2. The molecule has 2 aromatic rings. The van der Waals surface area contributed by atoms with E-state index >= 15 is 0 Å². The zero-order valence-corrected chi connectivity index (χ0v) is 11.3. The highest BCUT2D eigenvalue weighted by Crippen LogP contribution is 2.35. The second kappa shape index (κ2) is 4.98. The summed E-state index contributed by atoms with van der Waals surface area (Å²) in [7, 11) is 0. The van der Waals surface area contributed by atoms with Crippen LogP contribution in [-0.2, 0) is 19.1 Å². The summed E-state index contributed by atoms with van der Waals surface area (Å²) < 4.78 is 38.7. The summed E-state index contributed by atoms with van der Waals surface area (Å²) in [5, 5.41) is 0. The molecule has 2 aromatic carbocycles. The maximum atomic E-state index is 12.9. The van der Waals surface area contributed by atoms with Crippen molar-refractivity contribution >= 4 is 11.4 Å². The number of rotatable bonds is 2. The van der Waals surface area contributed by atoms with Crippen molar-refractivity contribution in [1.82, 2.24) is 0 Å². The molecule has 0 aromatic heterocycles. The van der Waals surface area contributed by atoms with Crippen LogP contribution in [0, 0.1) is 0 Å². The molecule has 3 rings (SSSR count). The Balaban J connectivity index is 1.87. The first-order valence-electron chi connectivity index (χ1n) is 6.73. The Kier molecular flexibility index (Phi) is 3.27. The number of nitrogens with two attached hydrogens (primary N) is 1. The van der Waals surface area contributed by atoms with Gasteiger partial charge in [-0.2, -0.15) is 13.2 Å². The van der Waals surface area contributed by atoms with E-state index in [0.717, 1.165) is 24.7 Å². The normalized spacial score (nSPS) is 14.3. The molecule has 0 bridgehead atoms. The van der Waals surface area contributed by atoms with Crippen molar-refractivity contribution < 1.29 is 13.2 Å². The molecule has 2 nitrogen and oxygen atoms in total. The third-order valence-corrected chi connectivity index (χ3v) is 3.78. The molecule has 21 heavy (non-hydrogen) atoms. The Morgan fingerprint density at radius 2 is 1.86 bits per heavy atom. The molecule has 5 heteroatoms. The van der Waals surface area contributed by atoms with Gasteiger partial charge in [0, 0.05) is 24.5 Å². The lowest BCUT2D eigenvalue weighted by Gasteiger charge is -2.20. The fourth-order valence-electron chi connectivity index (χ4n) is 2.74. The predicted molar refractivity (Wildman–Crippen MR) is 77.1 cm³/mol. The summed E-state index contributed by atoms with van der Waals surface area (Å²) in [5.74, 6) is 0. The monoisotopic (exact) mass is 292 g/mol. The third-order valence-electron chi connectivity index (χ3n) is 3.78. The van der Waals surface area contributed by atoms with Crippen LogP contribution in [-0.4, -0.2) is 6.54 Å². The number of para-hydroxylation sites is 1. The van der Waals surface area contributed by atoms with E-state index in [2.05, 4.69) is 11.0 Å². The lowest BCUT2D eigenvalue weighted by Crippen LogP contribution is -2.20. The average molecular weight is 292 g/mol. The van der Waals surface area contributed by atoms with Crippen molar-refractivity contribution in [2.45, 2.75) is 19.1 Å². The van der Waals surface area contributed by atoms with Gasteiger partial charge >= 0.3 is 6.18 Å². The van der Waals surface area contributed by atoms with E-state index in [4.69, 9.17) is 5.73 Å². The Morgan fingerprint density at radius 1 is 1.10 bits per heavy atom. The van der Waals surface area contributed by atoms with Gasteiger partial charge in [0.1, 0.15) is 0 Å². The topological polar surface area (TPSA) is 29.3 Å². The van der Waals surface area contributed by atoms with Crippen LogP contribution in [0.1, 0.15) is 16.7 Å². The largest absolute Gasteiger partial charge is 0.418 e. The number of hydrogen-bond donors (Lipinski definition) is 1. The molecule has 0 saturated heterocycles. The van der Waals surface area contributed by atoms with Crippen LogP contribution in [0.4, 0.5) is 24.5 Å². The molecular weight excluding hydrogens is 277 g/mol. The molecule has 110 valence electrons. The van der Waals surface area contributed by atoms with Gasteiger partial charge in [-0.25, -0.2) is 0 Å². The summed E-state index contributed by atoms with van der Waals surface area (Å²) >= 11 is 0. The highest BCUT2D eigenvalue weighted by atomic mass is 19.4. The summed E-state index contributed by atoms with van der Waals surface area (Å²) in [6, 6.07) is 12.1. The van der Waals surface area contributed by atoms with E-state index in [0.29, 0.717) is 12.1 Å². The minimum absolute atomic E-state index is 0.229. The summed E-state index contributed by atoms with van der Waals surface area (Å²) in [6.45, 7) is 1.28. The minimum atomic E-state index is -4.41. The van der Waals surface area contributed by atoms with Gasteiger partial charge < -0.3 is 10.6 Å². The molecule has 1 aliphatic rings. The van der Waals surface area contributed by atoms with E-state index in [1.165, 1.54) is 11.6 Å². The van der Waals surface area contributed by atoms with E-state index < -0.39 is 11.7 Å². The summed E-state index contributed by atoms with van der Waals surface area (Å²) in [4.78, 5) is 2.10. The fraction of sp³-hybridized carbons (Fsp3) is 0.250. The Labute approximate surface area is 121 Å². The van der Waals surface area contributed by atoms with Crippen LogP contribution in [0.15, 0.2) is 42.5 Å². The molecule has 0 saturated carbocycles. The van der Waals surface area contributed by atoms with Gasteiger partial charge in [-0.15, -0.1) is 0 Å². The maximum Gasteiger partial charge on any atom is 0.418 e. The highest BCUT2D eigenvalue weighted by Gasteiger charge is 2.33. The first-order chi connectivity index (χ1) is 9.95. The van der Waals surface area contributed by atoms with E-state index in [9.17, 15) is 13.2 Å². The zero-order chi connectivity index (χ0) is 15.0. The molecular formula is C16H15F3N2. The minimum Gasteiger partial charge on any atom is -0.398 e. The average Bonchev–Trinajstić information content (AvgIpc) is 2.83. The molecule has 1 aliphatic heterocycles. The Bertz CT molecular complexity index is 665. The number of alkyl halides is 3. The first kappa shape index (κ1) is 13.8. The van der Waals surface area contributed by atoms with Crippen molar-refractivity contribution in [3.8, 4) is 0 Å². The van der Waals surface area contributed by atoms with Crippen molar-refractivity contribution in [2.75, 3.05) is 17.2 Å². The van der Waals surface area contributed by atoms with Crippen LogP contribution < -0.4 is 10.6 Å². The molecule has 2 N–H and O–H groups in total. The zero-order valence-electron chi connectivity index (χ0n) is 11.3. The number of fused-ring (bicyclic) bond motifs is 1. The van der Waals surface area contributed by atoms with Gasteiger partial charge in [-0.05, 0) is 35.7 Å². The number of hydrogen-bond acceptors (Lipinski definition) is 2. The van der Waals surface area contributed by atoms with E-state index in [1.807, 2.05) is 18.2 Å². The van der Waals surface area contributed by atoms with Gasteiger partial charge in [-0.3, -0.25) is 0 Å².